The van der Waals surface area contributed by atoms with Gasteiger partial charge in [-0.3, -0.25) is 4.79 Å². The molecule has 0 aromatic heterocycles. The SMILES string of the molecule is CCCC(CCC)N(C(=O)CC(C)(C)CC)c1ccc(F)c(C)c1. The van der Waals surface area contributed by atoms with Gasteiger partial charge in [-0.05, 0) is 48.9 Å². The van der Waals surface area contributed by atoms with Crippen molar-refractivity contribution in [1.29, 1.82) is 0 Å². The zero-order valence-electron chi connectivity index (χ0n) is 16.3. The van der Waals surface area contributed by atoms with Crippen LogP contribution in [-0.2, 0) is 4.79 Å². The lowest BCUT2D eigenvalue weighted by Gasteiger charge is -2.35. The molecule has 136 valence electrons. The van der Waals surface area contributed by atoms with Crippen LogP contribution in [0.2, 0.25) is 0 Å². The number of hydrogen-bond acceptors (Lipinski definition) is 1. The quantitative estimate of drug-likeness (QED) is 0.521. The summed E-state index contributed by atoms with van der Waals surface area (Å²) in [5, 5.41) is 0. The van der Waals surface area contributed by atoms with Crippen molar-refractivity contribution in [2.24, 2.45) is 5.41 Å². The maximum Gasteiger partial charge on any atom is 0.227 e. The van der Waals surface area contributed by atoms with E-state index >= 15 is 0 Å². The third-order valence-electron chi connectivity index (χ3n) is 4.88. The molecule has 1 rings (SSSR count). The molecule has 1 aromatic carbocycles. The number of aryl methyl sites for hydroxylation is 1. The Labute approximate surface area is 147 Å². The van der Waals surface area contributed by atoms with E-state index in [2.05, 4.69) is 34.6 Å². The molecule has 0 spiro atoms. The topological polar surface area (TPSA) is 20.3 Å². The monoisotopic (exact) mass is 335 g/mol. The van der Waals surface area contributed by atoms with Gasteiger partial charge in [0.1, 0.15) is 5.82 Å². The Morgan fingerprint density at radius 2 is 1.75 bits per heavy atom. The van der Waals surface area contributed by atoms with Gasteiger partial charge in [-0.25, -0.2) is 4.39 Å². The van der Waals surface area contributed by atoms with Crippen LogP contribution >= 0.6 is 0 Å². The highest BCUT2D eigenvalue weighted by Crippen LogP contribution is 2.30. The van der Waals surface area contributed by atoms with Crippen LogP contribution in [0, 0.1) is 18.2 Å². The lowest BCUT2D eigenvalue weighted by molar-refractivity contribution is -0.121. The van der Waals surface area contributed by atoms with Gasteiger partial charge in [-0.15, -0.1) is 0 Å². The van der Waals surface area contributed by atoms with E-state index in [0.29, 0.717) is 12.0 Å². The fourth-order valence-corrected chi connectivity index (χ4v) is 3.03. The predicted octanol–water partition coefficient (Wildman–Crippen LogP) is 6.26. The van der Waals surface area contributed by atoms with Crippen LogP contribution in [-0.4, -0.2) is 11.9 Å². The van der Waals surface area contributed by atoms with E-state index in [1.807, 2.05) is 11.0 Å². The number of carbonyl (C=O) groups excluding carboxylic acids is 1. The lowest BCUT2D eigenvalue weighted by atomic mass is 9.85. The Bertz CT molecular complexity index is 533. The molecule has 0 aliphatic rings. The molecule has 3 heteroatoms. The Morgan fingerprint density at radius 3 is 2.21 bits per heavy atom. The van der Waals surface area contributed by atoms with Crippen molar-refractivity contribution in [2.75, 3.05) is 4.90 Å². The van der Waals surface area contributed by atoms with Crippen LogP contribution in [0.1, 0.15) is 78.7 Å². The number of halogens is 1. The van der Waals surface area contributed by atoms with E-state index in [4.69, 9.17) is 0 Å². The summed E-state index contributed by atoms with van der Waals surface area (Å²) in [6.45, 7) is 12.4. The minimum Gasteiger partial charge on any atom is -0.309 e. The molecule has 1 amide bonds. The number of amides is 1. The van der Waals surface area contributed by atoms with Crippen molar-refractivity contribution in [3.63, 3.8) is 0 Å². The molecule has 0 atom stereocenters. The first-order chi connectivity index (χ1) is 11.3. The van der Waals surface area contributed by atoms with E-state index in [9.17, 15) is 9.18 Å². The smallest absolute Gasteiger partial charge is 0.227 e. The van der Waals surface area contributed by atoms with Crippen molar-refractivity contribution in [3.05, 3.63) is 29.6 Å². The van der Waals surface area contributed by atoms with Crippen molar-refractivity contribution in [3.8, 4) is 0 Å². The maximum absolute atomic E-state index is 13.7. The summed E-state index contributed by atoms with van der Waals surface area (Å²) >= 11 is 0. The van der Waals surface area contributed by atoms with E-state index in [-0.39, 0.29) is 23.2 Å². The van der Waals surface area contributed by atoms with Gasteiger partial charge in [0, 0.05) is 18.2 Å². The fourth-order valence-electron chi connectivity index (χ4n) is 3.03. The fraction of sp³-hybridized carbons (Fsp3) is 0.667. The summed E-state index contributed by atoms with van der Waals surface area (Å²) in [4.78, 5) is 15.1. The first-order valence-electron chi connectivity index (χ1n) is 9.34. The van der Waals surface area contributed by atoms with E-state index in [1.54, 1.807) is 13.0 Å². The molecule has 0 aliphatic carbocycles. The first kappa shape index (κ1) is 20.7. The summed E-state index contributed by atoms with van der Waals surface area (Å²) in [6.07, 6.45) is 5.49. The molecule has 0 aliphatic heterocycles. The summed E-state index contributed by atoms with van der Waals surface area (Å²) in [6, 6.07) is 5.22. The molecule has 0 saturated heterocycles. The zero-order chi connectivity index (χ0) is 18.3. The first-order valence-corrected chi connectivity index (χ1v) is 9.34. The number of nitrogens with zero attached hydrogens (tertiary/aromatic N) is 1. The normalized spacial score (nSPS) is 11.8. The minimum absolute atomic E-state index is 0.0204. The third-order valence-corrected chi connectivity index (χ3v) is 4.88. The van der Waals surface area contributed by atoms with E-state index in [0.717, 1.165) is 37.8 Å². The molecule has 1 aromatic rings. The Kier molecular flexibility index (Phi) is 7.92. The number of carbonyl (C=O) groups is 1. The van der Waals surface area contributed by atoms with Gasteiger partial charge in [-0.2, -0.15) is 0 Å². The minimum atomic E-state index is -0.220. The molecule has 0 bridgehead atoms. The standard InChI is InChI=1S/C21H34FNO/c1-7-10-17(11-8-2)23(20(24)15-21(5,6)9-3)18-12-13-19(22)16(4)14-18/h12-14,17H,7-11,15H2,1-6H3. The highest BCUT2D eigenvalue weighted by atomic mass is 19.1. The summed E-state index contributed by atoms with van der Waals surface area (Å²) < 4.78 is 13.7. The molecular formula is C21H34FNO. The molecular weight excluding hydrogens is 301 g/mol. The Hall–Kier alpha value is -1.38. The summed E-state index contributed by atoms with van der Waals surface area (Å²) in [5.74, 6) is -0.0673. The molecule has 0 fully saturated rings. The van der Waals surface area contributed by atoms with Crippen LogP contribution in [0.5, 0.6) is 0 Å². The molecule has 0 heterocycles. The van der Waals surface area contributed by atoms with Crippen molar-refractivity contribution >= 4 is 11.6 Å². The van der Waals surface area contributed by atoms with E-state index < -0.39 is 0 Å². The second-order valence-corrected chi connectivity index (χ2v) is 7.62. The van der Waals surface area contributed by atoms with Crippen LogP contribution < -0.4 is 4.90 Å². The number of anilines is 1. The van der Waals surface area contributed by atoms with Gasteiger partial charge in [0.2, 0.25) is 5.91 Å². The van der Waals surface area contributed by atoms with Gasteiger partial charge in [0.25, 0.3) is 0 Å². The largest absolute Gasteiger partial charge is 0.309 e. The Morgan fingerprint density at radius 1 is 1.17 bits per heavy atom. The Balaban J connectivity index is 3.23. The van der Waals surface area contributed by atoms with Gasteiger partial charge in [-0.1, -0.05) is 53.9 Å². The zero-order valence-corrected chi connectivity index (χ0v) is 16.3. The average Bonchev–Trinajstić information content (AvgIpc) is 2.51. The van der Waals surface area contributed by atoms with Gasteiger partial charge in [0.15, 0.2) is 0 Å². The molecule has 0 saturated carbocycles. The van der Waals surface area contributed by atoms with Crippen LogP contribution in [0.25, 0.3) is 0 Å². The van der Waals surface area contributed by atoms with Crippen LogP contribution in [0.15, 0.2) is 18.2 Å². The predicted molar refractivity (Wildman–Crippen MR) is 101 cm³/mol. The van der Waals surface area contributed by atoms with Crippen LogP contribution in [0.3, 0.4) is 0 Å². The molecule has 0 unspecified atom stereocenters. The lowest BCUT2D eigenvalue weighted by Crippen LogP contribution is -2.42. The van der Waals surface area contributed by atoms with Crippen molar-refractivity contribution < 1.29 is 9.18 Å². The molecule has 24 heavy (non-hydrogen) atoms. The second kappa shape index (κ2) is 9.19. The second-order valence-electron chi connectivity index (χ2n) is 7.62. The average molecular weight is 336 g/mol. The maximum atomic E-state index is 13.7. The highest BCUT2D eigenvalue weighted by molar-refractivity contribution is 5.94. The summed E-state index contributed by atoms with van der Waals surface area (Å²) in [5.41, 5.74) is 1.40. The van der Waals surface area contributed by atoms with Crippen molar-refractivity contribution in [2.45, 2.75) is 86.1 Å². The number of rotatable bonds is 9. The van der Waals surface area contributed by atoms with E-state index in [1.165, 1.54) is 6.07 Å². The van der Waals surface area contributed by atoms with Gasteiger partial charge >= 0.3 is 0 Å². The van der Waals surface area contributed by atoms with Gasteiger partial charge < -0.3 is 4.90 Å². The molecule has 2 nitrogen and oxygen atoms in total. The number of benzene rings is 1. The molecule has 0 radical (unpaired) electrons. The number of hydrogen-bond donors (Lipinski definition) is 0. The third kappa shape index (κ3) is 5.61. The molecule has 0 N–H and O–H groups in total. The summed E-state index contributed by atoms with van der Waals surface area (Å²) in [7, 11) is 0. The highest BCUT2D eigenvalue weighted by Gasteiger charge is 2.29. The van der Waals surface area contributed by atoms with Gasteiger partial charge in [0.05, 0.1) is 0 Å². The van der Waals surface area contributed by atoms with Crippen LogP contribution in [0.4, 0.5) is 10.1 Å². The van der Waals surface area contributed by atoms with Crippen molar-refractivity contribution in [1.82, 2.24) is 0 Å².